The molecule has 1 fully saturated rings. The Morgan fingerprint density at radius 1 is 1.41 bits per heavy atom. The number of anilines is 1. The van der Waals surface area contributed by atoms with Gasteiger partial charge in [0.25, 0.3) is 5.91 Å². The van der Waals surface area contributed by atoms with Gasteiger partial charge in [0, 0.05) is 18.3 Å². The molecule has 92 valence electrons. The molecule has 0 spiro atoms. The monoisotopic (exact) mass is 232 g/mol. The summed E-state index contributed by atoms with van der Waals surface area (Å²) in [5.41, 5.74) is 1.65. The highest BCUT2D eigenvalue weighted by Crippen LogP contribution is 2.32. The molecule has 0 aliphatic heterocycles. The van der Waals surface area contributed by atoms with E-state index in [1.165, 1.54) is 12.8 Å². The van der Waals surface area contributed by atoms with Gasteiger partial charge in [-0.05, 0) is 44.7 Å². The third-order valence-electron chi connectivity index (χ3n) is 3.23. The Bertz CT molecular complexity index is 399. The van der Waals surface area contributed by atoms with Crippen LogP contribution in [-0.2, 0) is 0 Å². The van der Waals surface area contributed by atoms with Crippen LogP contribution in [-0.4, -0.2) is 18.5 Å². The van der Waals surface area contributed by atoms with Crippen LogP contribution in [0.1, 0.15) is 37.0 Å². The Hall–Kier alpha value is -1.51. The van der Waals surface area contributed by atoms with Crippen molar-refractivity contribution in [1.82, 2.24) is 5.32 Å². The Balaban J connectivity index is 2.06. The van der Waals surface area contributed by atoms with Gasteiger partial charge in [0.1, 0.15) is 0 Å². The van der Waals surface area contributed by atoms with E-state index in [0.29, 0.717) is 5.92 Å². The molecule has 3 heteroatoms. The van der Waals surface area contributed by atoms with Crippen molar-refractivity contribution in [3.05, 3.63) is 29.8 Å². The Kier molecular flexibility index (Phi) is 3.67. The zero-order valence-electron chi connectivity index (χ0n) is 10.5. The predicted molar refractivity (Wildman–Crippen MR) is 70.3 cm³/mol. The second-order valence-electron chi connectivity index (χ2n) is 4.68. The molecule has 0 aromatic heterocycles. The fourth-order valence-electron chi connectivity index (χ4n) is 2.02. The SMILES string of the molecule is CCNc1ccccc1C(=O)NC(C)C1CC1. The van der Waals surface area contributed by atoms with Crippen molar-refractivity contribution >= 4 is 11.6 Å². The normalized spacial score (nSPS) is 16.4. The van der Waals surface area contributed by atoms with E-state index in [9.17, 15) is 4.79 Å². The van der Waals surface area contributed by atoms with Crippen LogP contribution in [0.3, 0.4) is 0 Å². The topological polar surface area (TPSA) is 41.1 Å². The summed E-state index contributed by atoms with van der Waals surface area (Å²) in [6, 6.07) is 7.95. The second-order valence-corrected chi connectivity index (χ2v) is 4.68. The number of hydrogen-bond acceptors (Lipinski definition) is 2. The number of carbonyl (C=O) groups excluding carboxylic acids is 1. The van der Waals surface area contributed by atoms with Gasteiger partial charge in [0.05, 0.1) is 5.56 Å². The highest BCUT2D eigenvalue weighted by Gasteiger charge is 2.29. The van der Waals surface area contributed by atoms with Gasteiger partial charge in [-0.15, -0.1) is 0 Å². The lowest BCUT2D eigenvalue weighted by Gasteiger charge is -2.15. The third-order valence-corrected chi connectivity index (χ3v) is 3.23. The van der Waals surface area contributed by atoms with E-state index in [-0.39, 0.29) is 11.9 Å². The van der Waals surface area contributed by atoms with E-state index < -0.39 is 0 Å². The molecule has 1 aromatic rings. The minimum atomic E-state index is 0.0287. The molecule has 2 rings (SSSR count). The molecule has 0 heterocycles. The number of carbonyl (C=O) groups is 1. The van der Waals surface area contributed by atoms with E-state index in [2.05, 4.69) is 17.6 Å². The van der Waals surface area contributed by atoms with E-state index in [0.717, 1.165) is 17.8 Å². The summed E-state index contributed by atoms with van der Waals surface area (Å²) < 4.78 is 0. The van der Waals surface area contributed by atoms with Gasteiger partial charge in [-0.25, -0.2) is 0 Å². The Morgan fingerprint density at radius 3 is 2.76 bits per heavy atom. The number of hydrogen-bond donors (Lipinski definition) is 2. The van der Waals surface area contributed by atoms with Gasteiger partial charge in [0.15, 0.2) is 0 Å². The minimum absolute atomic E-state index is 0.0287. The molecule has 1 atom stereocenters. The van der Waals surface area contributed by atoms with E-state index >= 15 is 0 Å². The zero-order valence-corrected chi connectivity index (χ0v) is 10.5. The maximum atomic E-state index is 12.1. The van der Waals surface area contributed by atoms with E-state index in [1.807, 2.05) is 31.2 Å². The molecule has 0 radical (unpaired) electrons. The van der Waals surface area contributed by atoms with Crippen molar-refractivity contribution in [3.63, 3.8) is 0 Å². The number of amides is 1. The van der Waals surface area contributed by atoms with Crippen LogP contribution in [0.4, 0.5) is 5.69 Å². The van der Waals surface area contributed by atoms with Crippen molar-refractivity contribution in [3.8, 4) is 0 Å². The third kappa shape index (κ3) is 2.99. The Morgan fingerprint density at radius 2 is 2.12 bits per heavy atom. The molecule has 0 bridgehead atoms. The summed E-state index contributed by atoms with van der Waals surface area (Å²) in [6.45, 7) is 4.94. The molecule has 1 amide bonds. The average molecular weight is 232 g/mol. The highest BCUT2D eigenvalue weighted by atomic mass is 16.1. The van der Waals surface area contributed by atoms with Crippen LogP contribution in [0.2, 0.25) is 0 Å². The van der Waals surface area contributed by atoms with Crippen LogP contribution in [0.5, 0.6) is 0 Å². The van der Waals surface area contributed by atoms with Crippen molar-refractivity contribution in [1.29, 1.82) is 0 Å². The van der Waals surface area contributed by atoms with Crippen LogP contribution in [0.15, 0.2) is 24.3 Å². The fourth-order valence-corrected chi connectivity index (χ4v) is 2.02. The lowest BCUT2D eigenvalue weighted by atomic mass is 10.1. The maximum absolute atomic E-state index is 12.1. The first kappa shape index (κ1) is 12.0. The van der Waals surface area contributed by atoms with Crippen molar-refractivity contribution < 1.29 is 4.79 Å². The van der Waals surface area contributed by atoms with Gasteiger partial charge in [-0.3, -0.25) is 4.79 Å². The number of nitrogens with one attached hydrogen (secondary N) is 2. The van der Waals surface area contributed by atoms with Crippen LogP contribution in [0.25, 0.3) is 0 Å². The molecule has 1 aromatic carbocycles. The molecule has 1 aliphatic rings. The first-order chi connectivity index (χ1) is 8.22. The molecule has 1 saturated carbocycles. The van der Waals surface area contributed by atoms with Gasteiger partial charge >= 0.3 is 0 Å². The highest BCUT2D eigenvalue weighted by molar-refractivity contribution is 5.99. The molecule has 1 unspecified atom stereocenters. The molecular weight excluding hydrogens is 212 g/mol. The van der Waals surface area contributed by atoms with E-state index in [4.69, 9.17) is 0 Å². The van der Waals surface area contributed by atoms with Crippen molar-refractivity contribution in [2.24, 2.45) is 5.92 Å². The average Bonchev–Trinajstić information content (AvgIpc) is 3.13. The molecule has 3 nitrogen and oxygen atoms in total. The summed E-state index contributed by atoms with van der Waals surface area (Å²) >= 11 is 0. The van der Waals surface area contributed by atoms with E-state index in [1.54, 1.807) is 0 Å². The van der Waals surface area contributed by atoms with Crippen LogP contribution >= 0.6 is 0 Å². The van der Waals surface area contributed by atoms with Gasteiger partial charge < -0.3 is 10.6 Å². The summed E-state index contributed by atoms with van der Waals surface area (Å²) in [6.07, 6.45) is 2.49. The molecule has 1 aliphatic carbocycles. The van der Waals surface area contributed by atoms with Gasteiger partial charge in [-0.1, -0.05) is 12.1 Å². The zero-order chi connectivity index (χ0) is 12.3. The predicted octanol–water partition coefficient (Wildman–Crippen LogP) is 2.65. The molecule has 2 N–H and O–H groups in total. The molecule has 0 saturated heterocycles. The summed E-state index contributed by atoms with van der Waals surface area (Å²) in [4.78, 5) is 12.1. The number of benzene rings is 1. The first-order valence-corrected chi connectivity index (χ1v) is 6.36. The Labute approximate surface area is 103 Å². The lowest BCUT2D eigenvalue weighted by molar-refractivity contribution is 0.0936. The standard InChI is InChI=1S/C14H20N2O/c1-3-15-13-7-5-4-6-12(13)14(17)16-10(2)11-8-9-11/h4-7,10-11,15H,3,8-9H2,1-2H3,(H,16,17). The largest absolute Gasteiger partial charge is 0.385 e. The van der Waals surface area contributed by atoms with Gasteiger partial charge in [-0.2, -0.15) is 0 Å². The lowest BCUT2D eigenvalue weighted by Crippen LogP contribution is -2.34. The maximum Gasteiger partial charge on any atom is 0.253 e. The smallest absolute Gasteiger partial charge is 0.253 e. The summed E-state index contributed by atoms with van der Waals surface area (Å²) in [5, 5.41) is 6.29. The first-order valence-electron chi connectivity index (χ1n) is 6.36. The van der Waals surface area contributed by atoms with Gasteiger partial charge in [0.2, 0.25) is 0 Å². The van der Waals surface area contributed by atoms with Crippen molar-refractivity contribution in [2.75, 3.05) is 11.9 Å². The van der Waals surface area contributed by atoms with Crippen molar-refractivity contribution in [2.45, 2.75) is 32.7 Å². The van der Waals surface area contributed by atoms with Crippen LogP contribution in [0, 0.1) is 5.92 Å². The molecule has 17 heavy (non-hydrogen) atoms. The fraction of sp³-hybridized carbons (Fsp3) is 0.500. The summed E-state index contributed by atoms with van der Waals surface area (Å²) in [7, 11) is 0. The number of para-hydroxylation sites is 1. The summed E-state index contributed by atoms with van der Waals surface area (Å²) in [5.74, 6) is 0.714. The minimum Gasteiger partial charge on any atom is -0.385 e. The number of rotatable bonds is 5. The van der Waals surface area contributed by atoms with Crippen LogP contribution < -0.4 is 10.6 Å². The quantitative estimate of drug-likeness (QED) is 0.819. The molecular formula is C14H20N2O. The second kappa shape index (κ2) is 5.21.